The molecule has 234 valence electrons. The number of ether oxygens (including phenoxy) is 1. The molecule has 0 radical (unpaired) electrons. The number of para-hydroxylation sites is 1. The predicted octanol–water partition coefficient (Wildman–Crippen LogP) is 11.0. The second-order valence-electron chi connectivity index (χ2n) is 12.6. The highest BCUT2D eigenvalue weighted by Gasteiger charge is 2.25. The Morgan fingerprint density at radius 2 is 1.26 bits per heavy atom. The molecule has 0 heterocycles. The number of hydrogen-bond donors (Lipinski definition) is 3. The molecule has 0 atom stereocenters. The smallest absolute Gasteiger partial charge is 0.336 e. The zero-order chi connectivity index (χ0) is 33.1. The van der Waals surface area contributed by atoms with Crippen molar-refractivity contribution >= 4 is 77.9 Å². The van der Waals surface area contributed by atoms with Gasteiger partial charge < -0.3 is 20.9 Å². The lowest BCUT2D eigenvalue weighted by atomic mass is 9.86. The third kappa shape index (κ3) is 4.97. The maximum Gasteiger partial charge on any atom is 0.336 e. The lowest BCUT2D eigenvalue weighted by Crippen LogP contribution is -2.17. The zero-order valence-corrected chi connectivity index (χ0v) is 27.2. The van der Waals surface area contributed by atoms with E-state index in [2.05, 4.69) is 33.0 Å². The van der Waals surface area contributed by atoms with Gasteiger partial charge in [-0.05, 0) is 86.3 Å². The Bertz CT molecular complexity index is 2350. The first-order valence-electron chi connectivity index (χ1n) is 15.6. The quantitative estimate of drug-likeness (QED) is 0.0914. The van der Waals surface area contributed by atoms with Gasteiger partial charge >= 0.3 is 5.97 Å². The largest absolute Gasteiger partial charge is 0.478 e. The van der Waals surface area contributed by atoms with Crippen molar-refractivity contribution in [1.82, 2.24) is 0 Å². The number of nitrogens with one attached hydrogen (secondary N) is 1. The van der Waals surface area contributed by atoms with Crippen molar-refractivity contribution in [3.05, 3.63) is 118 Å². The molecule has 0 aromatic heterocycles. The Kier molecular flexibility index (Phi) is 7.41. The number of amides is 1. The first-order chi connectivity index (χ1) is 22.5. The molecule has 47 heavy (non-hydrogen) atoms. The van der Waals surface area contributed by atoms with E-state index >= 15 is 0 Å². The number of fused-ring (bicyclic) bond motifs is 2. The summed E-state index contributed by atoms with van der Waals surface area (Å²) < 4.78 is 6.31. The van der Waals surface area contributed by atoms with E-state index in [9.17, 15) is 14.7 Å². The van der Waals surface area contributed by atoms with Crippen LogP contribution in [0.5, 0.6) is 11.5 Å². The van der Waals surface area contributed by atoms with Gasteiger partial charge in [-0.1, -0.05) is 87.8 Å². The maximum atomic E-state index is 14.2. The molecule has 0 aliphatic rings. The summed E-state index contributed by atoms with van der Waals surface area (Å²) in [5.74, 6) is -0.0228. The van der Waals surface area contributed by atoms with Gasteiger partial charge in [-0.2, -0.15) is 0 Å². The fourth-order valence-electron chi connectivity index (χ4n) is 6.82. The lowest BCUT2D eigenvalue weighted by molar-refractivity contribution is 0.0699. The van der Waals surface area contributed by atoms with E-state index in [0.717, 1.165) is 54.5 Å². The van der Waals surface area contributed by atoms with Crippen molar-refractivity contribution in [3.63, 3.8) is 0 Å². The molecule has 7 aromatic rings. The SMILES string of the molecule is CC(C)c1cccc(C(C)C)c1NC(=O)c1ccc2c3cccc4c(Oc5cc(Cl)ccc5N)ccc(c5ccc(C(=O)O)c1c52)c43. The first-order valence-corrected chi connectivity index (χ1v) is 16.0. The van der Waals surface area contributed by atoms with Crippen molar-refractivity contribution in [3.8, 4) is 11.5 Å². The standard InChI is InChI=1S/C40H33ClN2O4/c1-20(2)23-7-5-8-24(21(3)4)38(23)43-39(44)30-14-12-27-25-9-6-10-29-33(47-34-19-22(41)11-17-32(34)42)18-16-26(35(25)29)28-13-15-31(40(45)46)37(30)36(27)28/h5-21H,42H2,1-4H3,(H,43,44)(H,45,46). The molecule has 4 N–H and O–H groups in total. The van der Waals surface area contributed by atoms with Gasteiger partial charge in [0.2, 0.25) is 0 Å². The van der Waals surface area contributed by atoms with Crippen LogP contribution in [0.25, 0.3) is 43.1 Å². The fourth-order valence-corrected chi connectivity index (χ4v) is 6.98. The third-order valence-electron chi connectivity index (χ3n) is 9.02. The van der Waals surface area contributed by atoms with E-state index in [1.807, 2.05) is 60.7 Å². The summed E-state index contributed by atoms with van der Waals surface area (Å²) in [6, 6.07) is 28.1. The monoisotopic (exact) mass is 640 g/mol. The maximum absolute atomic E-state index is 14.2. The number of carboxylic acid groups (broad SMARTS) is 1. The van der Waals surface area contributed by atoms with Crippen LogP contribution in [0.1, 0.15) is 71.4 Å². The van der Waals surface area contributed by atoms with E-state index < -0.39 is 5.97 Å². The normalized spacial score (nSPS) is 11.8. The van der Waals surface area contributed by atoms with Gasteiger partial charge in [0.25, 0.3) is 5.91 Å². The predicted molar refractivity (Wildman–Crippen MR) is 193 cm³/mol. The van der Waals surface area contributed by atoms with E-state index in [-0.39, 0.29) is 23.3 Å². The highest BCUT2D eigenvalue weighted by Crippen LogP contribution is 2.46. The molecule has 6 nitrogen and oxygen atoms in total. The number of aromatic carboxylic acids is 1. The van der Waals surface area contributed by atoms with Gasteiger partial charge in [0, 0.05) is 38.5 Å². The number of anilines is 2. The molecular formula is C40H33ClN2O4. The molecule has 7 aromatic carbocycles. The van der Waals surface area contributed by atoms with Crippen LogP contribution < -0.4 is 15.8 Å². The number of carboxylic acids is 1. The lowest BCUT2D eigenvalue weighted by Gasteiger charge is -2.22. The molecule has 0 saturated heterocycles. The van der Waals surface area contributed by atoms with Gasteiger partial charge in [-0.25, -0.2) is 4.79 Å². The van der Waals surface area contributed by atoms with Gasteiger partial charge in [-0.15, -0.1) is 0 Å². The number of benzene rings is 7. The Labute approximate surface area is 277 Å². The van der Waals surface area contributed by atoms with Crippen LogP contribution >= 0.6 is 11.6 Å². The van der Waals surface area contributed by atoms with Gasteiger partial charge in [0.15, 0.2) is 5.75 Å². The molecule has 0 saturated carbocycles. The summed E-state index contributed by atoms with van der Waals surface area (Å²) in [6.07, 6.45) is 0. The number of carbonyl (C=O) groups excluding carboxylic acids is 1. The van der Waals surface area contributed by atoms with Crippen molar-refractivity contribution in [2.45, 2.75) is 39.5 Å². The Hall–Kier alpha value is -5.33. The van der Waals surface area contributed by atoms with Crippen LogP contribution in [0.2, 0.25) is 5.02 Å². The van der Waals surface area contributed by atoms with E-state index in [1.165, 1.54) is 0 Å². The minimum Gasteiger partial charge on any atom is -0.478 e. The zero-order valence-electron chi connectivity index (χ0n) is 26.4. The average molecular weight is 641 g/mol. The summed E-state index contributed by atoms with van der Waals surface area (Å²) >= 11 is 6.24. The number of carbonyl (C=O) groups is 2. The number of rotatable bonds is 7. The molecule has 7 rings (SSSR count). The minimum absolute atomic E-state index is 0.0731. The minimum atomic E-state index is -1.10. The van der Waals surface area contributed by atoms with E-state index in [0.29, 0.717) is 33.2 Å². The first kappa shape index (κ1) is 30.3. The molecule has 0 aliphatic carbocycles. The van der Waals surface area contributed by atoms with Crippen LogP contribution in [0, 0.1) is 0 Å². The summed E-state index contributed by atoms with van der Waals surface area (Å²) in [7, 11) is 0. The highest BCUT2D eigenvalue weighted by molar-refractivity contribution is 6.37. The van der Waals surface area contributed by atoms with Crippen molar-refractivity contribution in [1.29, 1.82) is 0 Å². The Balaban J connectivity index is 1.47. The molecule has 0 spiro atoms. The van der Waals surface area contributed by atoms with Crippen molar-refractivity contribution < 1.29 is 19.4 Å². The number of nitrogen functional groups attached to an aromatic ring is 1. The fraction of sp³-hybridized carbons (Fsp3) is 0.150. The van der Waals surface area contributed by atoms with Gasteiger partial charge in [0.05, 0.1) is 11.3 Å². The Morgan fingerprint density at radius 3 is 1.91 bits per heavy atom. The average Bonchev–Trinajstić information content (AvgIpc) is 3.05. The van der Waals surface area contributed by atoms with E-state index in [1.54, 1.807) is 30.3 Å². The molecule has 1 amide bonds. The second kappa shape index (κ2) is 11.5. The topological polar surface area (TPSA) is 102 Å². The third-order valence-corrected chi connectivity index (χ3v) is 9.26. The van der Waals surface area contributed by atoms with Crippen LogP contribution in [0.4, 0.5) is 11.4 Å². The van der Waals surface area contributed by atoms with Gasteiger partial charge in [-0.3, -0.25) is 4.79 Å². The number of halogens is 1. The van der Waals surface area contributed by atoms with Crippen molar-refractivity contribution in [2.75, 3.05) is 11.1 Å². The summed E-state index contributed by atoms with van der Waals surface area (Å²) in [6.45, 7) is 8.38. The van der Waals surface area contributed by atoms with Crippen LogP contribution in [-0.2, 0) is 0 Å². The Morgan fingerprint density at radius 1 is 0.681 bits per heavy atom. The second-order valence-corrected chi connectivity index (χ2v) is 13.0. The summed E-state index contributed by atoms with van der Waals surface area (Å²) in [4.78, 5) is 26.9. The molecule has 0 bridgehead atoms. The molecule has 0 unspecified atom stereocenters. The summed E-state index contributed by atoms with van der Waals surface area (Å²) in [5, 5.41) is 20.6. The van der Waals surface area contributed by atoms with Crippen LogP contribution in [-0.4, -0.2) is 17.0 Å². The number of hydrogen-bond acceptors (Lipinski definition) is 4. The van der Waals surface area contributed by atoms with E-state index in [4.69, 9.17) is 22.1 Å². The van der Waals surface area contributed by atoms with Crippen LogP contribution in [0.15, 0.2) is 91.0 Å². The highest BCUT2D eigenvalue weighted by atomic mass is 35.5. The molecule has 0 fully saturated rings. The molecule has 7 heteroatoms. The molecular weight excluding hydrogens is 608 g/mol. The van der Waals surface area contributed by atoms with Crippen molar-refractivity contribution in [2.24, 2.45) is 0 Å². The number of nitrogens with two attached hydrogens (primary N) is 1. The van der Waals surface area contributed by atoms with Gasteiger partial charge in [0.1, 0.15) is 5.75 Å². The summed E-state index contributed by atoms with van der Waals surface area (Å²) in [5.41, 5.74) is 9.89. The van der Waals surface area contributed by atoms with Crippen LogP contribution in [0.3, 0.4) is 0 Å². The molecule has 0 aliphatic heterocycles.